The van der Waals surface area contributed by atoms with Gasteiger partial charge in [-0.15, -0.1) is 5.01 Å². The quantitative estimate of drug-likeness (QED) is 0.0655. The highest BCUT2D eigenvalue weighted by molar-refractivity contribution is 7.90. The topological polar surface area (TPSA) is 179 Å². The minimum atomic E-state index is -4.74. The first-order valence-corrected chi connectivity index (χ1v) is 18.2. The molecule has 1 atom stereocenters. The summed E-state index contributed by atoms with van der Waals surface area (Å²) in [5.74, 6) is -1.24. The van der Waals surface area contributed by atoms with E-state index >= 15 is 0 Å². The maximum Gasteiger partial charge on any atom is 0.435 e. The Morgan fingerprint density at radius 1 is 0.946 bits per heavy atom. The minimum Gasteiger partial charge on any atom is -0.569 e. The number of hydrogen-bond donors (Lipinski definition) is 1. The molecule has 0 saturated carbocycles. The van der Waals surface area contributed by atoms with Crippen molar-refractivity contribution >= 4 is 27.9 Å². The van der Waals surface area contributed by atoms with Gasteiger partial charge in [0.2, 0.25) is 12.0 Å². The van der Waals surface area contributed by atoms with Crippen LogP contribution in [0, 0.1) is 12.1 Å². The Balaban J connectivity index is 1.12. The van der Waals surface area contributed by atoms with E-state index in [1.54, 1.807) is 71.5 Å². The lowest BCUT2D eigenvalue weighted by Crippen LogP contribution is -2.43. The summed E-state index contributed by atoms with van der Waals surface area (Å²) in [6.07, 6.45) is -6.02. The number of carbonyl (C=O) groups excluding carboxylic acids is 3. The van der Waals surface area contributed by atoms with Gasteiger partial charge in [-0.3, -0.25) is 9.59 Å². The van der Waals surface area contributed by atoms with Gasteiger partial charge < -0.3 is 14.8 Å². The van der Waals surface area contributed by atoms with Gasteiger partial charge in [0.25, 0.3) is 21.8 Å². The predicted molar refractivity (Wildman–Crippen MR) is 191 cm³/mol. The van der Waals surface area contributed by atoms with Gasteiger partial charge in [0, 0.05) is 12.0 Å². The number of nitrogens with one attached hydrogen (secondary N) is 1. The van der Waals surface area contributed by atoms with E-state index in [0.29, 0.717) is 11.1 Å². The number of likely N-dealkylation sites (N-methyl/N-ethyl adjacent to an activating group) is 1. The molecule has 56 heavy (non-hydrogen) atoms. The number of sulfonamides is 1. The first kappa shape index (κ1) is 38.9. The number of imide groups is 1. The molecule has 1 N–H and O–H groups in total. The molecule has 2 heterocycles. The smallest absolute Gasteiger partial charge is 0.435 e. The molecule has 0 bridgehead atoms. The van der Waals surface area contributed by atoms with Crippen LogP contribution in [0.4, 0.5) is 18.0 Å². The number of nitrogens with zero attached hydrogens (tertiary/aromatic N) is 6. The van der Waals surface area contributed by atoms with Crippen LogP contribution >= 0.6 is 0 Å². The summed E-state index contributed by atoms with van der Waals surface area (Å²) in [4.78, 5) is 43.4. The van der Waals surface area contributed by atoms with Crippen molar-refractivity contribution in [3.8, 4) is 16.9 Å². The van der Waals surface area contributed by atoms with Crippen molar-refractivity contribution in [3.63, 3.8) is 0 Å². The molecule has 0 aliphatic carbocycles. The van der Waals surface area contributed by atoms with Crippen molar-refractivity contribution in [2.24, 2.45) is 5.28 Å². The van der Waals surface area contributed by atoms with Gasteiger partial charge in [-0.2, -0.15) is 18.3 Å². The third-order valence-electron chi connectivity index (χ3n) is 8.67. The molecule has 0 radical (unpaired) electrons. The van der Waals surface area contributed by atoms with E-state index in [0.717, 1.165) is 38.4 Å². The molecule has 19 heteroatoms. The Bertz CT molecular complexity index is 2350. The van der Waals surface area contributed by atoms with Gasteiger partial charge in [-0.25, -0.2) is 27.5 Å². The van der Waals surface area contributed by atoms with Crippen molar-refractivity contribution in [2.75, 3.05) is 20.4 Å². The monoisotopic (exact) mass is 791 g/mol. The van der Waals surface area contributed by atoms with Crippen molar-refractivity contribution in [2.45, 2.75) is 30.5 Å². The molecule has 0 fully saturated rings. The van der Waals surface area contributed by atoms with Gasteiger partial charge in [-0.05, 0) is 55.0 Å². The third-order valence-corrected chi connectivity index (χ3v) is 10.00. The van der Waals surface area contributed by atoms with Gasteiger partial charge in [0.15, 0.2) is 5.69 Å². The minimum absolute atomic E-state index is 0.0207. The molecule has 15 nitrogen and oxygen atoms in total. The summed E-state index contributed by atoms with van der Waals surface area (Å²) >= 11 is 0. The fourth-order valence-electron chi connectivity index (χ4n) is 5.65. The van der Waals surface area contributed by atoms with Crippen LogP contribution in [-0.2, 0) is 32.2 Å². The molecule has 3 amide bonds. The first-order chi connectivity index (χ1) is 26.6. The fraction of sp³-hybridized carbons (Fsp3) is 0.189. The largest absolute Gasteiger partial charge is 0.569 e. The van der Waals surface area contributed by atoms with Crippen LogP contribution in [0.15, 0.2) is 119 Å². The van der Waals surface area contributed by atoms with Crippen LogP contribution in [0.25, 0.3) is 16.9 Å². The number of carbonyl (C=O) groups is 3. The lowest BCUT2D eigenvalue weighted by molar-refractivity contribution is -0.713. The third kappa shape index (κ3) is 8.62. The predicted octanol–water partition coefficient (Wildman–Crippen LogP) is 5.89. The lowest BCUT2D eigenvalue weighted by atomic mass is 10.1. The molecule has 290 valence electrons. The highest BCUT2D eigenvalue weighted by Gasteiger charge is 2.37. The van der Waals surface area contributed by atoms with Crippen LogP contribution in [0.3, 0.4) is 0 Å². The van der Waals surface area contributed by atoms with E-state index in [1.165, 1.54) is 31.3 Å². The van der Waals surface area contributed by atoms with Crippen LogP contribution in [0.1, 0.15) is 37.5 Å². The molecule has 0 saturated heterocycles. The molecule has 1 aliphatic heterocycles. The maximum absolute atomic E-state index is 13.6. The van der Waals surface area contributed by atoms with Gasteiger partial charge in [-0.1, -0.05) is 72.3 Å². The van der Waals surface area contributed by atoms with E-state index in [9.17, 15) is 41.2 Å². The van der Waals surface area contributed by atoms with Crippen LogP contribution < -0.4 is 4.72 Å². The van der Waals surface area contributed by atoms with Gasteiger partial charge in [0.1, 0.15) is 12.6 Å². The highest BCUT2D eigenvalue weighted by Crippen LogP contribution is 2.33. The number of rotatable bonds is 13. The van der Waals surface area contributed by atoms with Crippen LogP contribution in [-0.4, -0.2) is 77.4 Å². The number of hydrogen-bond acceptors (Lipinski definition) is 10. The summed E-state index contributed by atoms with van der Waals surface area (Å²) in [7, 11) is -3.25. The second kappa shape index (κ2) is 15.9. The normalized spacial score (nSPS) is 13.7. The Labute approximate surface area is 317 Å². The van der Waals surface area contributed by atoms with Crippen LogP contribution in [0.5, 0.6) is 0 Å². The molecule has 4 aromatic carbocycles. The van der Waals surface area contributed by atoms with Crippen molar-refractivity contribution in [3.05, 3.63) is 142 Å². The lowest BCUT2D eigenvalue weighted by Gasteiger charge is -2.24. The van der Waals surface area contributed by atoms with Crippen molar-refractivity contribution in [1.82, 2.24) is 24.4 Å². The average Bonchev–Trinajstić information content (AvgIpc) is 3.73. The molecule has 1 aromatic heterocycles. The number of halogens is 3. The second-order valence-corrected chi connectivity index (χ2v) is 14.2. The van der Waals surface area contributed by atoms with E-state index in [-0.39, 0.29) is 33.9 Å². The SMILES string of the molecule is Cc1ccc(-c2cc(C(F)(F)F)nn2-c2ccc(S(=O)(=O)NC(=O)OC[C@H](Cc3ccccc3)N(C)/[N+]([O-])=N\OCN3C(=O)c4ccccc4C3=O)cc2)cc1. The average molecular weight is 792 g/mol. The number of benzene rings is 4. The Hall–Kier alpha value is -6.76. The molecule has 0 unspecified atom stereocenters. The van der Waals surface area contributed by atoms with Gasteiger partial charge in [0.05, 0.1) is 39.4 Å². The Morgan fingerprint density at radius 2 is 1.55 bits per heavy atom. The maximum atomic E-state index is 13.6. The Morgan fingerprint density at radius 3 is 2.16 bits per heavy atom. The summed E-state index contributed by atoms with van der Waals surface area (Å²) in [6.45, 7) is 0.637. The van der Waals surface area contributed by atoms with E-state index in [1.807, 2.05) is 6.92 Å². The van der Waals surface area contributed by atoms with E-state index in [4.69, 9.17) is 9.57 Å². The summed E-state index contributed by atoms with van der Waals surface area (Å²) in [5.41, 5.74) is 1.49. The standard InChI is InChI=1S/C37H32F3N7O8S/c1-24-12-14-26(15-13-24)32-21-33(37(38,39)40)41-46(32)27-16-18-29(19-17-27)56(52,53)42-36(50)54-22-28(20-25-8-4-3-5-9-25)44(2)47(51)43-55-23-45-34(48)30-10-6-7-11-31(30)35(45)49/h3-19,21,28H,20,22-23H2,1-2H3,(H,42,50)/b47-43+/t28-/m0/s1. The number of hydrazine groups is 1. The zero-order valence-corrected chi connectivity index (χ0v) is 30.4. The van der Waals surface area contributed by atoms with Crippen LogP contribution in [0.2, 0.25) is 0 Å². The zero-order valence-electron chi connectivity index (χ0n) is 29.6. The van der Waals surface area contributed by atoms with Gasteiger partial charge >= 0.3 is 12.3 Å². The molecule has 1 aliphatic rings. The Kier molecular flexibility index (Phi) is 11.1. The summed E-state index contributed by atoms with van der Waals surface area (Å²) < 4.78 is 75.2. The molecule has 5 aromatic rings. The number of fused-ring (bicyclic) bond motifs is 1. The number of aromatic nitrogens is 2. The van der Waals surface area contributed by atoms with E-state index < -0.39 is 64.1 Å². The summed E-state index contributed by atoms with van der Waals surface area (Å²) in [5, 5.41) is 21.1. The number of ether oxygens (including phenoxy) is 1. The molecule has 0 spiro atoms. The number of aryl methyl sites for hydroxylation is 1. The van der Waals surface area contributed by atoms with Crippen molar-refractivity contribution in [1.29, 1.82) is 0 Å². The second-order valence-electron chi connectivity index (χ2n) is 12.5. The molecular weight excluding hydrogens is 760 g/mol. The molecule has 6 rings (SSSR count). The zero-order chi connectivity index (χ0) is 40.2. The van der Waals surface area contributed by atoms with Crippen molar-refractivity contribution < 1.29 is 50.5 Å². The highest BCUT2D eigenvalue weighted by atomic mass is 32.2. The number of alkyl halides is 3. The molecular formula is C37H32F3N7O8S. The summed E-state index contributed by atoms with van der Waals surface area (Å²) in [6, 6.07) is 26.2. The fourth-order valence-corrected chi connectivity index (χ4v) is 6.55. The van der Waals surface area contributed by atoms with E-state index in [2.05, 4.69) is 10.4 Å². The number of amides is 3. The first-order valence-electron chi connectivity index (χ1n) is 16.7.